The van der Waals surface area contributed by atoms with Gasteiger partial charge in [-0.2, -0.15) is 5.10 Å². The number of ether oxygens (including phenoxy) is 1. The fraction of sp³-hybridized carbons (Fsp3) is 0.278. The zero-order valence-electron chi connectivity index (χ0n) is 14.4. The van der Waals surface area contributed by atoms with Crippen LogP contribution in [0.15, 0.2) is 29.9 Å². The first-order valence-corrected chi connectivity index (χ1v) is 7.33. The number of aliphatic carboxylic acids is 1. The molecule has 0 aliphatic rings. The van der Waals surface area contributed by atoms with Crippen molar-refractivity contribution < 1.29 is 19.4 Å². The van der Waals surface area contributed by atoms with E-state index < -0.39 is 11.9 Å². The lowest BCUT2D eigenvalue weighted by Crippen LogP contribution is -2.21. The van der Waals surface area contributed by atoms with E-state index in [0.717, 1.165) is 11.1 Å². The van der Waals surface area contributed by atoms with E-state index >= 15 is 0 Å². The first kappa shape index (κ1) is 19.9. The van der Waals surface area contributed by atoms with Crippen LogP contribution in [-0.2, 0) is 20.9 Å². The molecule has 0 unspecified atom stereocenters. The molecule has 0 atom stereocenters. The summed E-state index contributed by atoms with van der Waals surface area (Å²) in [6, 6.07) is 5.41. The van der Waals surface area contributed by atoms with Gasteiger partial charge in [-0.05, 0) is 30.3 Å². The zero-order chi connectivity index (χ0) is 19.0. The summed E-state index contributed by atoms with van der Waals surface area (Å²) in [5.74, 6) is -0.410. The van der Waals surface area contributed by atoms with Gasteiger partial charge in [0.25, 0.3) is 0 Å². The SMILES string of the molecule is C#CCN(C)CC(=C)c1ccc(N(C)N=C)c(COC(=O)C(=O)O)c1. The molecule has 0 saturated carbocycles. The minimum atomic E-state index is -1.65. The number of esters is 1. The summed E-state index contributed by atoms with van der Waals surface area (Å²) in [5.41, 5.74) is 2.88. The Bertz CT molecular complexity index is 722. The second kappa shape index (κ2) is 9.25. The molecule has 0 heterocycles. The molecule has 1 rings (SSSR count). The van der Waals surface area contributed by atoms with Crippen LogP contribution in [0, 0.1) is 12.3 Å². The fourth-order valence-corrected chi connectivity index (χ4v) is 2.15. The number of anilines is 1. The van der Waals surface area contributed by atoms with Gasteiger partial charge in [0.1, 0.15) is 6.61 Å². The number of hydrogen-bond donors (Lipinski definition) is 1. The molecule has 25 heavy (non-hydrogen) atoms. The van der Waals surface area contributed by atoms with E-state index in [1.807, 2.05) is 18.0 Å². The summed E-state index contributed by atoms with van der Waals surface area (Å²) < 4.78 is 4.79. The van der Waals surface area contributed by atoms with E-state index in [1.165, 1.54) is 5.01 Å². The fourth-order valence-electron chi connectivity index (χ4n) is 2.15. The second-order valence-corrected chi connectivity index (χ2v) is 5.37. The van der Waals surface area contributed by atoms with Crippen molar-refractivity contribution in [2.45, 2.75) is 6.61 Å². The number of terminal acetylenes is 1. The summed E-state index contributed by atoms with van der Waals surface area (Å²) in [4.78, 5) is 23.7. The molecule has 0 bridgehead atoms. The molecule has 0 amide bonds. The number of rotatable bonds is 8. The molecule has 0 saturated heterocycles. The summed E-state index contributed by atoms with van der Waals surface area (Å²) >= 11 is 0. The van der Waals surface area contributed by atoms with Gasteiger partial charge in [-0.3, -0.25) is 9.91 Å². The van der Waals surface area contributed by atoms with E-state index in [4.69, 9.17) is 16.3 Å². The molecule has 0 aliphatic heterocycles. The van der Waals surface area contributed by atoms with Crippen molar-refractivity contribution in [3.05, 3.63) is 35.9 Å². The highest BCUT2D eigenvalue weighted by Crippen LogP contribution is 2.25. The van der Waals surface area contributed by atoms with Crippen LogP contribution in [-0.4, -0.2) is 55.8 Å². The van der Waals surface area contributed by atoms with Crippen LogP contribution in [0.1, 0.15) is 11.1 Å². The van der Waals surface area contributed by atoms with Crippen molar-refractivity contribution in [3.63, 3.8) is 0 Å². The van der Waals surface area contributed by atoms with E-state index in [0.29, 0.717) is 24.3 Å². The van der Waals surface area contributed by atoms with Crippen LogP contribution in [0.25, 0.3) is 5.57 Å². The quantitative estimate of drug-likeness (QED) is 0.253. The van der Waals surface area contributed by atoms with Crippen LogP contribution in [0.4, 0.5) is 5.69 Å². The normalized spacial score (nSPS) is 10.0. The molecule has 0 fully saturated rings. The number of carboxylic acids is 1. The molecule has 1 aromatic rings. The van der Waals surface area contributed by atoms with Crippen LogP contribution >= 0.6 is 0 Å². The number of hydrogen-bond acceptors (Lipinski definition) is 6. The standard InChI is InChI=1S/C18H21N3O4/c1-6-9-20(4)11-13(2)14-7-8-16(21(5)19-3)15(10-14)12-25-18(24)17(22)23/h1,7-8,10H,2-3,9,11-12H2,4-5H3,(H,22,23). The number of carboxylic acid groups (broad SMARTS) is 1. The summed E-state index contributed by atoms with van der Waals surface area (Å²) in [5, 5.41) is 13.9. The highest BCUT2D eigenvalue weighted by molar-refractivity contribution is 6.28. The molecule has 0 spiro atoms. The Labute approximate surface area is 147 Å². The zero-order valence-corrected chi connectivity index (χ0v) is 14.4. The molecule has 132 valence electrons. The number of hydrazone groups is 1. The third kappa shape index (κ3) is 5.79. The first-order chi connectivity index (χ1) is 11.8. The van der Waals surface area contributed by atoms with Crippen molar-refractivity contribution in [3.8, 4) is 12.3 Å². The van der Waals surface area contributed by atoms with E-state index in [2.05, 4.69) is 24.3 Å². The molecule has 0 radical (unpaired) electrons. The van der Waals surface area contributed by atoms with Gasteiger partial charge in [-0.15, -0.1) is 6.42 Å². The molecule has 7 heteroatoms. The average molecular weight is 343 g/mol. The van der Waals surface area contributed by atoms with Gasteiger partial charge in [0.15, 0.2) is 0 Å². The minimum absolute atomic E-state index is 0.207. The van der Waals surface area contributed by atoms with Crippen molar-refractivity contribution >= 4 is 29.9 Å². The smallest absolute Gasteiger partial charge is 0.417 e. The molecule has 1 aromatic carbocycles. The van der Waals surface area contributed by atoms with Gasteiger partial charge < -0.3 is 9.84 Å². The Balaban J connectivity index is 3.06. The number of benzene rings is 1. The number of carbonyl (C=O) groups is 2. The van der Waals surface area contributed by atoms with E-state index in [1.54, 1.807) is 19.2 Å². The molecular formula is C18H21N3O4. The number of nitrogens with zero attached hydrogens (tertiary/aromatic N) is 3. The third-order valence-corrected chi connectivity index (χ3v) is 3.40. The Kier molecular flexibility index (Phi) is 7.38. The third-order valence-electron chi connectivity index (χ3n) is 3.40. The maximum atomic E-state index is 11.2. The van der Waals surface area contributed by atoms with Crippen LogP contribution in [0.2, 0.25) is 0 Å². The molecule has 1 N–H and O–H groups in total. The summed E-state index contributed by atoms with van der Waals surface area (Å²) in [7, 11) is 3.56. The van der Waals surface area contributed by atoms with Crippen LogP contribution in [0.5, 0.6) is 0 Å². The van der Waals surface area contributed by atoms with Gasteiger partial charge in [0.2, 0.25) is 0 Å². The Morgan fingerprint density at radius 3 is 2.64 bits per heavy atom. The largest absolute Gasteiger partial charge is 0.473 e. The summed E-state index contributed by atoms with van der Waals surface area (Å²) in [6.45, 7) is 8.34. The molecule has 0 aliphatic carbocycles. The predicted molar refractivity (Wildman–Crippen MR) is 97.2 cm³/mol. The minimum Gasteiger partial charge on any atom is -0.473 e. The Hall–Kier alpha value is -3.11. The van der Waals surface area contributed by atoms with Crippen molar-refractivity contribution in [2.75, 3.05) is 32.2 Å². The van der Waals surface area contributed by atoms with Crippen LogP contribution < -0.4 is 5.01 Å². The topological polar surface area (TPSA) is 82.4 Å². The maximum Gasteiger partial charge on any atom is 0.417 e. The lowest BCUT2D eigenvalue weighted by atomic mass is 10.0. The lowest BCUT2D eigenvalue weighted by Gasteiger charge is -2.20. The van der Waals surface area contributed by atoms with Crippen molar-refractivity contribution in [1.82, 2.24) is 4.90 Å². The lowest BCUT2D eigenvalue weighted by molar-refractivity contribution is -0.164. The maximum absolute atomic E-state index is 11.2. The number of carbonyl (C=O) groups excluding carboxylic acids is 1. The van der Waals surface area contributed by atoms with E-state index in [9.17, 15) is 9.59 Å². The predicted octanol–water partition coefficient (Wildman–Crippen LogP) is 1.44. The molecule has 7 nitrogen and oxygen atoms in total. The molecule has 0 aromatic heterocycles. The first-order valence-electron chi connectivity index (χ1n) is 7.33. The van der Waals surface area contributed by atoms with Gasteiger partial charge in [0, 0.05) is 25.9 Å². The monoisotopic (exact) mass is 343 g/mol. The Morgan fingerprint density at radius 1 is 1.40 bits per heavy atom. The van der Waals surface area contributed by atoms with Gasteiger partial charge >= 0.3 is 11.9 Å². The van der Waals surface area contributed by atoms with Gasteiger partial charge in [-0.25, -0.2) is 9.59 Å². The van der Waals surface area contributed by atoms with Gasteiger partial charge in [-0.1, -0.05) is 18.6 Å². The summed E-state index contributed by atoms with van der Waals surface area (Å²) in [6.07, 6.45) is 5.29. The average Bonchev–Trinajstić information content (AvgIpc) is 2.58. The van der Waals surface area contributed by atoms with E-state index in [-0.39, 0.29) is 6.61 Å². The van der Waals surface area contributed by atoms with Gasteiger partial charge in [0.05, 0.1) is 12.2 Å². The number of likely N-dealkylation sites (N-methyl/N-ethyl adjacent to an activating group) is 1. The highest BCUT2D eigenvalue weighted by Gasteiger charge is 2.16. The Morgan fingerprint density at radius 2 is 2.08 bits per heavy atom. The van der Waals surface area contributed by atoms with Crippen molar-refractivity contribution in [1.29, 1.82) is 0 Å². The van der Waals surface area contributed by atoms with Crippen LogP contribution in [0.3, 0.4) is 0 Å². The highest BCUT2D eigenvalue weighted by atomic mass is 16.6. The van der Waals surface area contributed by atoms with Crippen molar-refractivity contribution in [2.24, 2.45) is 5.10 Å². The molecular weight excluding hydrogens is 322 g/mol. The second-order valence-electron chi connectivity index (χ2n) is 5.37.